The Labute approximate surface area is 191 Å². The number of fused-ring (bicyclic) bond motifs is 1. The molecule has 1 saturated heterocycles. The van der Waals surface area contributed by atoms with Gasteiger partial charge in [0.2, 0.25) is 0 Å². The van der Waals surface area contributed by atoms with Crippen LogP contribution in [-0.2, 0) is 17.2 Å². The van der Waals surface area contributed by atoms with Gasteiger partial charge < -0.3 is 15.3 Å². The standard InChI is InChI=1S/C24H30ClN3O2S/c25-20-6-4-18(5-7-20)17-3-1-12-28(13-8-17)21-15-19-9-14-31(30)22(19)23(26-21)27-24(16-29)10-2-11-24/h4-7,15,17,29H,1-3,8-14,16H2,(H,26,27)/t17?,31-/m1/s1. The number of anilines is 2. The molecule has 1 aliphatic carbocycles. The van der Waals surface area contributed by atoms with E-state index in [0.29, 0.717) is 11.7 Å². The van der Waals surface area contributed by atoms with E-state index in [4.69, 9.17) is 16.6 Å². The molecule has 0 radical (unpaired) electrons. The average molecular weight is 460 g/mol. The molecule has 2 fully saturated rings. The van der Waals surface area contributed by atoms with Gasteiger partial charge in [0, 0.05) is 23.9 Å². The van der Waals surface area contributed by atoms with Crippen LogP contribution in [0.25, 0.3) is 0 Å². The first-order valence-corrected chi connectivity index (χ1v) is 13.1. The fourth-order valence-corrected chi connectivity index (χ4v) is 6.63. The molecule has 1 aromatic carbocycles. The predicted molar refractivity (Wildman–Crippen MR) is 127 cm³/mol. The summed E-state index contributed by atoms with van der Waals surface area (Å²) in [5, 5.41) is 14.2. The molecule has 1 saturated carbocycles. The lowest BCUT2D eigenvalue weighted by Gasteiger charge is -2.42. The first-order chi connectivity index (χ1) is 15.1. The Hall–Kier alpha value is -1.63. The van der Waals surface area contributed by atoms with E-state index in [1.54, 1.807) is 0 Å². The maximum absolute atomic E-state index is 12.7. The number of benzene rings is 1. The van der Waals surface area contributed by atoms with Gasteiger partial charge in [0.25, 0.3) is 0 Å². The van der Waals surface area contributed by atoms with Crippen LogP contribution >= 0.6 is 11.6 Å². The van der Waals surface area contributed by atoms with Crippen molar-refractivity contribution in [3.05, 3.63) is 46.5 Å². The first-order valence-electron chi connectivity index (χ1n) is 11.4. The average Bonchev–Trinajstić information content (AvgIpc) is 2.97. The van der Waals surface area contributed by atoms with Gasteiger partial charge in [-0.1, -0.05) is 23.7 Å². The number of hydrogen-bond acceptors (Lipinski definition) is 5. The number of aliphatic hydroxyl groups excluding tert-OH is 1. The van der Waals surface area contributed by atoms with Crippen LogP contribution in [0, 0.1) is 0 Å². The van der Waals surface area contributed by atoms with Crippen molar-refractivity contribution in [1.29, 1.82) is 0 Å². The summed E-state index contributed by atoms with van der Waals surface area (Å²) < 4.78 is 12.7. The number of aliphatic hydroxyl groups is 1. The van der Waals surface area contributed by atoms with Gasteiger partial charge in [0.05, 0.1) is 27.8 Å². The number of hydrogen-bond donors (Lipinski definition) is 2. The van der Waals surface area contributed by atoms with Crippen LogP contribution in [0.1, 0.15) is 55.6 Å². The smallest absolute Gasteiger partial charge is 0.145 e. The monoisotopic (exact) mass is 459 g/mol. The van der Waals surface area contributed by atoms with Gasteiger partial charge in [-0.25, -0.2) is 4.98 Å². The van der Waals surface area contributed by atoms with Gasteiger partial charge in [0.1, 0.15) is 11.6 Å². The second kappa shape index (κ2) is 8.72. The highest BCUT2D eigenvalue weighted by molar-refractivity contribution is 7.85. The summed E-state index contributed by atoms with van der Waals surface area (Å²) in [6, 6.07) is 10.4. The molecule has 2 N–H and O–H groups in total. The lowest BCUT2D eigenvalue weighted by Crippen LogP contribution is -2.48. The van der Waals surface area contributed by atoms with Gasteiger partial charge in [-0.2, -0.15) is 0 Å². The number of nitrogens with one attached hydrogen (secondary N) is 1. The van der Waals surface area contributed by atoms with Gasteiger partial charge in [-0.15, -0.1) is 0 Å². The highest BCUT2D eigenvalue weighted by atomic mass is 35.5. The third-order valence-electron chi connectivity index (χ3n) is 7.21. The molecule has 31 heavy (non-hydrogen) atoms. The number of nitrogens with zero attached hydrogens (tertiary/aromatic N) is 2. The lowest BCUT2D eigenvalue weighted by atomic mass is 9.77. The Morgan fingerprint density at radius 3 is 2.71 bits per heavy atom. The Kier molecular flexibility index (Phi) is 5.97. The minimum Gasteiger partial charge on any atom is -0.394 e. The Balaban J connectivity index is 1.39. The third kappa shape index (κ3) is 4.22. The maximum Gasteiger partial charge on any atom is 0.145 e. The van der Waals surface area contributed by atoms with Crippen molar-refractivity contribution < 1.29 is 9.32 Å². The summed E-state index contributed by atoms with van der Waals surface area (Å²) in [4.78, 5) is 8.22. The molecule has 0 amide bonds. The second-order valence-electron chi connectivity index (χ2n) is 9.20. The van der Waals surface area contributed by atoms with Crippen molar-refractivity contribution in [2.24, 2.45) is 0 Å². The van der Waals surface area contributed by atoms with Crippen LogP contribution < -0.4 is 10.2 Å². The summed E-state index contributed by atoms with van der Waals surface area (Å²) in [6.45, 7) is 2.02. The van der Waals surface area contributed by atoms with Crippen molar-refractivity contribution in [2.45, 2.75) is 61.3 Å². The van der Waals surface area contributed by atoms with Crippen molar-refractivity contribution in [3.63, 3.8) is 0 Å². The highest BCUT2D eigenvalue weighted by Gasteiger charge is 2.38. The number of halogens is 1. The third-order valence-corrected chi connectivity index (χ3v) is 8.95. The van der Waals surface area contributed by atoms with Crippen molar-refractivity contribution in [3.8, 4) is 0 Å². The molecule has 3 aliphatic rings. The zero-order valence-corrected chi connectivity index (χ0v) is 19.4. The van der Waals surface area contributed by atoms with E-state index in [1.807, 2.05) is 12.1 Å². The molecule has 0 bridgehead atoms. The zero-order valence-electron chi connectivity index (χ0n) is 17.8. The summed E-state index contributed by atoms with van der Waals surface area (Å²) in [5.41, 5.74) is 2.21. The minimum absolute atomic E-state index is 0.0901. The number of aryl methyl sites for hydroxylation is 1. The van der Waals surface area contributed by atoms with Gasteiger partial charge in [-0.05, 0) is 80.2 Å². The molecule has 166 valence electrons. The second-order valence-corrected chi connectivity index (χ2v) is 11.1. The van der Waals surface area contributed by atoms with Crippen LogP contribution in [0.15, 0.2) is 35.2 Å². The topological polar surface area (TPSA) is 65.5 Å². The molecule has 5 nitrogen and oxygen atoms in total. The van der Waals surface area contributed by atoms with E-state index in [-0.39, 0.29) is 12.1 Å². The summed E-state index contributed by atoms with van der Waals surface area (Å²) >= 11 is 6.07. The van der Waals surface area contributed by atoms with E-state index >= 15 is 0 Å². The van der Waals surface area contributed by atoms with Crippen LogP contribution in [0.4, 0.5) is 11.6 Å². The van der Waals surface area contributed by atoms with Crippen molar-refractivity contribution >= 4 is 34.0 Å². The lowest BCUT2D eigenvalue weighted by molar-refractivity contribution is 0.143. The van der Waals surface area contributed by atoms with Gasteiger partial charge in [0.15, 0.2) is 0 Å². The minimum atomic E-state index is -1.01. The van der Waals surface area contributed by atoms with Crippen molar-refractivity contribution in [2.75, 3.05) is 35.7 Å². The van der Waals surface area contributed by atoms with E-state index in [9.17, 15) is 9.32 Å². The zero-order chi connectivity index (χ0) is 21.4. The van der Waals surface area contributed by atoms with Crippen LogP contribution in [0.5, 0.6) is 0 Å². The van der Waals surface area contributed by atoms with Crippen LogP contribution in [0.2, 0.25) is 5.02 Å². The maximum atomic E-state index is 12.7. The van der Waals surface area contributed by atoms with Crippen LogP contribution in [0.3, 0.4) is 0 Å². The molecular formula is C24H30ClN3O2S. The molecule has 2 atom stereocenters. The molecule has 1 unspecified atom stereocenters. The highest BCUT2D eigenvalue weighted by Crippen LogP contribution is 2.40. The largest absolute Gasteiger partial charge is 0.394 e. The summed E-state index contributed by atoms with van der Waals surface area (Å²) in [5.74, 6) is 2.91. The molecule has 2 aliphatic heterocycles. The first kappa shape index (κ1) is 21.2. The number of pyridine rings is 1. The van der Waals surface area contributed by atoms with Crippen molar-refractivity contribution in [1.82, 2.24) is 4.98 Å². The molecule has 5 rings (SSSR count). The quantitative estimate of drug-likeness (QED) is 0.689. The Bertz CT molecular complexity index is 972. The molecular weight excluding hydrogens is 430 g/mol. The van der Waals surface area contributed by atoms with E-state index in [1.165, 1.54) is 5.56 Å². The SMILES string of the molecule is O=[S@@]1CCc2cc(N3CCCC(c4ccc(Cl)cc4)CC3)nc(NC3(CO)CCC3)c21. The molecule has 3 heterocycles. The van der Waals surface area contributed by atoms with Gasteiger partial charge >= 0.3 is 0 Å². The fourth-order valence-electron chi connectivity index (χ4n) is 5.13. The van der Waals surface area contributed by atoms with Crippen LogP contribution in [-0.4, -0.2) is 45.3 Å². The van der Waals surface area contributed by atoms with E-state index in [0.717, 1.165) is 85.2 Å². The normalized spacial score (nSPS) is 24.9. The Morgan fingerprint density at radius 2 is 2.00 bits per heavy atom. The summed E-state index contributed by atoms with van der Waals surface area (Å²) in [6.07, 6.45) is 7.16. The molecule has 1 aromatic heterocycles. The Morgan fingerprint density at radius 1 is 1.19 bits per heavy atom. The molecule has 2 aromatic rings. The molecule has 7 heteroatoms. The fraction of sp³-hybridized carbons (Fsp3) is 0.542. The summed E-state index contributed by atoms with van der Waals surface area (Å²) in [7, 11) is -1.01. The number of aromatic nitrogens is 1. The number of rotatable bonds is 5. The predicted octanol–water partition coefficient (Wildman–Crippen LogP) is 4.50. The molecule has 0 spiro atoms. The van der Waals surface area contributed by atoms with E-state index in [2.05, 4.69) is 28.4 Å². The van der Waals surface area contributed by atoms with Gasteiger partial charge in [-0.3, -0.25) is 4.21 Å². The van der Waals surface area contributed by atoms with E-state index < -0.39 is 10.8 Å².